The van der Waals surface area contributed by atoms with Gasteiger partial charge in [-0.05, 0) is 67.9 Å². The zero-order valence-corrected chi connectivity index (χ0v) is 43.1. The van der Waals surface area contributed by atoms with Crippen molar-refractivity contribution in [1.82, 2.24) is 44.9 Å². The van der Waals surface area contributed by atoms with E-state index in [4.69, 9.17) is 14.5 Å². The number of nitrogens with one attached hydrogen (secondary N) is 3. The van der Waals surface area contributed by atoms with E-state index in [-0.39, 0.29) is 80.7 Å². The van der Waals surface area contributed by atoms with Gasteiger partial charge in [-0.3, -0.25) is 33.3 Å². The first kappa shape index (κ1) is 52.6. The number of likely N-dealkylation sites (tertiary alicyclic amines) is 1. The Hall–Kier alpha value is -6.68. The number of anilines is 3. The van der Waals surface area contributed by atoms with E-state index in [1.165, 1.54) is 11.8 Å². The molecule has 6 heterocycles. The Morgan fingerprint density at radius 1 is 0.904 bits per heavy atom. The van der Waals surface area contributed by atoms with E-state index >= 15 is 0 Å². The number of thiazole rings is 1. The van der Waals surface area contributed by atoms with Gasteiger partial charge in [0.15, 0.2) is 5.78 Å². The van der Waals surface area contributed by atoms with E-state index < -0.39 is 41.3 Å². The predicted molar refractivity (Wildman–Crippen MR) is 276 cm³/mol. The molecule has 8 rings (SSSR count). The first-order valence-corrected chi connectivity index (χ1v) is 25.7. The summed E-state index contributed by atoms with van der Waals surface area (Å²) in [5, 5.41) is 20.1. The maximum atomic E-state index is 14.0. The number of aliphatic hydroxyl groups is 1. The molecule has 0 bridgehead atoms. The van der Waals surface area contributed by atoms with Crippen LogP contribution in [0.2, 0.25) is 0 Å². The molecule has 3 atom stereocenters. The van der Waals surface area contributed by atoms with Crippen LogP contribution in [-0.2, 0) is 35.2 Å². The molecule has 73 heavy (non-hydrogen) atoms. The Balaban J connectivity index is 0.745. The number of aryl methyl sites for hydroxylation is 2. The minimum atomic E-state index is -1.01. The van der Waals surface area contributed by atoms with Crippen molar-refractivity contribution in [3.05, 3.63) is 87.0 Å². The summed E-state index contributed by atoms with van der Waals surface area (Å²) in [6, 6.07) is 9.62. The average molecular weight is 1020 g/mol. The van der Waals surface area contributed by atoms with E-state index in [2.05, 4.69) is 35.8 Å². The number of piperazine rings is 1. The number of carbonyl (C=O) groups is 5. The zero-order valence-electron chi connectivity index (χ0n) is 42.3. The summed E-state index contributed by atoms with van der Waals surface area (Å²) in [4.78, 5) is 104. The van der Waals surface area contributed by atoms with Gasteiger partial charge >= 0.3 is 0 Å². The SMILES string of the molecule is CC(=O)c1c(C)c2cnc(Nc3ccc(N4CCN(C(=O)COCCOCC(=O)N[C@H](C(=O)N5C[C@H](O)C[C@H]5C(=O)NCc5ccc(-c6scnc6C)cc5)C(C)(C)C)CC4)cn3)nc2n(C2CCCC2)c1=O. The fourth-order valence-electron chi connectivity index (χ4n) is 9.80. The lowest BCUT2D eigenvalue weighted by Crippen LogP contribution is -2.58. The molecule has 1 aromatic carbocycles. The van der Waals surface area contributed by atoms with Crippen molar-refractivity contribution in [2.45, 2.75) is 104 Å². The summed E-state index contributed by atoms with van der Waals surface area (Å²) < 4.78 is 12.8. The Labute approximate surface area is 427 Å². The number of aliphatic hydroxyl groups excluding tert-OH is 1. The van der Waals surface area contributed by atoms with Crippen LogP contribution in [0.15, 0.2) is 59.1 Å². The number of nitrogens with zero attached hydrogens (tertiary/aromatic N) is 8. The van der Waals surface area contributed by atoms with Crippen molar-refractivity contribution in [3.63, 3.8) is 0 Å². The summed E-state index contributed by atoms with van der Waals surface area (Å²) in [6.07, 6.45) is 6.29. The van der Waals surface area contributed by atoms with Gasteiger partial charge in [0.2, 0.25) is 29.6 Å². The van der Waals surface area contributed by atoms with Crippen LogP contribution in [0.5, 0.6) is 0 Å². The second kappa shape index (κ2) is 23.0. The molecule has 3 fully saturated rings. The van der Waals surface area contributed by atoms with Crippen molar-refractivity contribution in [1.29, 1.82) is 0 Å². The Morgan fingerprint density at radius 2 is 1.62 bits per heavy atom. The van der Waals surface area contributed by atoms with E-state index in [0.717, 1.165) is 53.1 Å². The third-order valence-corrected chi connectivity index (χ3v) is 14.8. The molecule has 4 aromatic heterocycles. The Bertz CT molecular complexity index is 2870. The number of ether oxygens (including phenoxy) is 2. The van der Waals surface area contributed by atoms with Gasteiger partial charge in [-0.1, -0.05) is 57.9 Å². The van der Waals surface area contributed by atoms with Gasteiger partial charge in [-0.2, -0.15) is 4.98 Å². The third kappa shape index (κ3) is 12.4. The monoisotopic (exact) mass is 1020 g/mol. The quantitative estimate of drug-likeness (QED) is 0.0699. The number of aromatic nitrogens is 5. The van der Waals surface area contributed by atoms with Gasteiger partial charge in [0.1, 0.15) is 36.8 Å². The molecule has 0 radical (unpaired) electrons. The zero-order chi connectivity index (χ0) is 52.0. The number of benzene rings is 1. The van der Waals surface area contributed by atoms with Crippen LogP contribution in [0.25, 0.3) is 21.5 Å². The molecule has 3 aliphatic rings. The normalized spacial score (nSPS) is 17.8. The summed E-state index contributed by atoms with van der Waals surface area (Å²) in [7, 11) is 0. The molecule has 4 amide bonds. The van der Waals surface area contributed by atoms with Gasteiger partial charge in [-0.25, -0.2) is 15.0 Å². The molecule has 0 unspecified atom stereocenters. The number of hydrogen-bond donors (Lipinski definition) is 4. The molecular formula is C52H65N11O9S. The number of hydrogen-bond acceptors (Lipinski definition) is 16. The second-order valence-corrected chi connectivity index (χ2v) is 20.9. The van der Waals surface area contributed by atoms with Crippen molar-refractivity contribution >= 4 is 69.2 Å². The van der Waals surface area contributed by atoms with Gasteiger partial charge in [0, 0.05) is 63.3 Å². The highest BCUT2D eigenvalue weighted by Gasteiger charge is 2.44. The molecular weight excluding hydrogens is 955 g/mol. The van der Waals surface area contributed by atoms with Crippen LogP contribution in [0, 0.1) is 19.3 Å². The molecule has 20 nitrogen and oxygen atoms in total. The molecule has 0 spiro atoms. The molecule has 388 valence electrons. The fourth-order valence-corrected chi connectivity index (χ4v) is 10.6. The van der Waals surface area contributed by atoms with Gasteiger partial charge in [0.25, 0.3) is 5.56 Å². The maximum absolute atomic E-state index is 14.0. The third-order valence-electron chi connectivity index (χ3n) is 13.8. The van der Waals surface area contributed by atoms with E-state index in [1.807, 2.05) is 64.1 Å². The summed E-state index contributed by atoms with van der Waals surface area (Å²) in [5.41, 5.74) is 5.77. The maximum Gasteiger partial charge on any atom is 0.263 e. The van der Waals surface area contributed by atoms with Crippen molar-refractivity contribution in [2.24, 2.45) is 5.41 Å². The number of amides is 4. The summed E-state index contributed by atoms with van der Waals surface area (Å²) >= 11 is 1.56. The molecule has 1 aliphatic carbocycles. The number of β-amino-alcohol motifs (C(OH)–C–C–N with tert-alkyl or cyclic N) is 1. The number of fused-ring (bicyclic) bond motifs is 1. The molecule has 1 saturated carbocycles. The average Bonchev–Trinajstić information content (AvgIpc) is 4.15. The highest BCUT2D eigenvalue weighted by atomic mass is 32.1. The predicted octanol–water partition coefficient (Wildman–Crippen LogP) is 4.48. The van der Waals surface area contributed by atoms with Crippen LogP contribution < -0.4 is 26.4 Å². The number of carbonyl (C=O) groups excluding carboxylic acids is 5. The van der Waals surface area contributed by atoms with E-state index in [9.17, 15) is 33.9 Å². The molecule has 2 saturated heterocycles. The molecule has 5 aromatic rings. The van der Waals surface area contributed by atoms with Crippen LogP contribution in [0.1, 0.15) is 93.0 Å². The van der Waals surface area contributed by atoms with Crippen LogP contribution in [-0.4, -0.2) is 146 Å². The number of ketones is 1. The van der Waals surface area contributed by atoms with E-state index in [1.54, 1.807) is 45.6 Å². The molecule has 4 N–H and O–H groups in total. The lowest BCUT2D eigenvalue weighted by atomic mass is 9.85. The smallest absolute Gasteiger partial charge is 0.263 e. The standard InChI is InChI=1S/C52H65N11O9S/c1-31-39-26-55-51(59-47(39)63(36-9-7-8-10-36)49(69)44(31)33(3)64)57-41-16-15-37(25-53-41)60-17-19-61(20-18-60)43(67)29-72-22-21-71-28-42(66)58-46(52(4,5)6)50(70)62-27-38(65)23-40(62)48(68)54-24-34-11-13-35(14-12-34)45-32(2)56-30-73-45/h11-16,25-26,30,36,38,40,46,65H,7-10,17-24,27-29H2,1-6H3,(H,54,68)(H,58,66)(H,53,55,57,59)/t38-,40+,46-/m1/s1. The lowest BCUT2D eigenvalue weighted by Gasteiger charge is -2.36. The molecule has 21 heteroatoms. The van der Waals surface area contributed by atoms with Gasteiger partial charge in [-0.15, -0.1) is 11.3 Å². The van der Waals surface area contributed by atoms with E-state index in [0.29, 0.717) is 48.6 Å². The summed E-state index contributed by atoms with van der Waals surface area (Å²) in [5.74, 6) is -1.04. The van der Waals surface area contributed by atoms with Crippen molar-refractivity contribution in [2.75, 3.05) is 69.4 Å². The first-order chi connectivity index (χ1) is 35.0. The van der Waals surface area contributed by atoms with Crippen LogP contribution in [0.3, 0.4) is 0 Å². The largest absolute Gasteiger partial charge is 0.391 e. The number of rotatable bonds is 18. The molecule has 2 aliphatic heterocycles. The van der Waals surface area contributed by atoms with Gasteiger partial charge < -0.3 is 45.2 Å². The Kier molecular flexibility index (Phi) is 16.6. The minimum Gasteiger partial charge on any atom is -0.391 e. The lowest BCUT2D eigenvalue weighted by molar-refractivity contribution is -0.144. The minimum absolute atomic E-state index is 0.0297. The van der Waals surface area contributed by atoms with Crippen molar-refractivity contribution < 1.29 is 38.6 Å². The highest BCUT2D eigenvalue weighted by Crippen LogP contribution is 2.33. The van der Waals surface area contributed by atoms with Crippen molar-refractivity contribution in [3.8, 4) is 10.4 Å². The second-order valence-electron chi connectivity index (χ2n) is 20.0. The van der Waals surface area contributed by atoms with Crippen LogP contribution in [0.4, 0.5) is 17.5 Å². The van der Waals surface area contributed by atoms with Crippen LogP contribution >= 0.6 is 11.3 Å². The highest BCUT2D eigenvalue weighted by molar-refractivity contribution is 7.13. The number of pyridine rings is 2. The number of Topliss-reactive ketones (excluding diaryl/α,β-unsaturated/α-hetero) is 1. The summed E-state index contributed by atoms with van der Waals surface area (Å²) in [6.45, 7) is 12.5. The topological polar surface area (TPSA) is 243 Å². The first-order valence-electron chi connectivity index (χ1n) is 24.9. The Morgan fingerprint density at radius 3 is 2.26 bits per heavy atom. The van der Waals surface area contributed by atoms with Gasteiger partial charge in [0.05, 0.1) is 52.8 Å². The fraction of sp³-hybridized carbons (Fsp3) is 0.500.